The lowest BCUT2D eigenvalue weighted by atomic mass is 9.78. The summed E-state index contributed by atoms with van der Waals surface area (Å²) in [6, 6.07) is 1.60. The summed E-state index contributed by atoms with van der Waals surface area (Å²) < 4.78 is 19.9. The molecule has 5 heteroatoms. The zero-order chi connectivity index (χ0) is 13.3. The lowest BCUT2D eigenvalue weighted by Gasteiger charge is -2.30. The van der Waals surface area contributed by atoms with E-state index in [0.717, 1.165) is 25.7 Å². The Balaban J connectivity index is 2.60. The average molecular weight is 318 g/mol. The minimum atomic E-state index is -0.617. The normalized spacial score (nSPS) is 18.0. The SMILES string of the molecule is COc1cc(Br)c(C2(CN)CCCC2)c(F)c1O. The largest absolute Gasteiger partial charge is 0.502 e. The van der Waals surface area contributed by atoms with Gasteiger partial charge in [-0.25, -0.2) is 4.39 Å². The van der Waals surface area contributed by atoms with Gasteiger partial charge in [-0.3, -0.25) is 0 Å². The fourth-order valence-corrected chi connectivity index (χ4v) is 3.64. The third kappa shape index (κ3) is 1.99. The van der Waals surface area contributed by atoms with Gasteiger partial charge >= 0.3 is 0 Å². The predicted octanol–water partition coefficient (Wildman–Crippen LogP) is 3.07. The van der Waals surface area contributed by atoms with Crippen LogP contribution >= 0.6 is 15.9 Å². The first-order valence-corrected chi connectivity index (χ1v) is 6.80. The molecule has 1 aromatic rings. The maximum absolute atomic E-state index is 14.4. The van der Waals surface area contributed by atoms with Crippen LogP contribution in [0.2, 0.25) is 0 Å². The van der Waals surface area contributed by atoms with Crippen molar-refractivity contribution in [3.63, 3.8) is 0 Å². The van der Waals surface area contributed by atoms with E-state index in [1.165, 1.54) is 7.11 Å². The van der Waals surface area contributed by atoms with Gasteiger partial charge in [-0.05, 0) is 18.9 Å². The molecule has 1 fully saturated rings. The summed E-state index contributed by atoms with van der Waals surface area (Å²) in [5, 5.41) is 9.81. The smallest absolute Gasteiger partial charge is 0.194 e. The van der Waals surface area contributed by atoms with Crippen molar-refractivity contribution in [1.29, 1.82) is 0 Å². The number of rotatable bonds is 3. The highest BCUT2D eigenvalue weighted by molar-refractivity contribution is 9.10. The van der Waals surface area contributed by atoms with E-state index >= 15 is 0 Å². The number of halogens is 2. The molecule has 3 nitrogen and oxygen atoms in total. The Bertz CT molecular complexity index is 459. The van der Waals surface area contributed by atoms with Crippen molar-refractivity contribution in [1.82, 2.24) is 0 Å². The molecule has 3 N–H and O–H groups in total. The van der Waals surface area contributed by atoms with E-state index in [-0.39, 0.29) is 11.2 Å². The minimum absolute atomic E-state index is 0.133. The Hall–Kier alpha value is -0.810. The number of ether oxygens (including phenoxy) is 1. The summed E-state index contributed by atoms with van der Waals surface area (Å²) in [6.07, 6.45) is 3.78. The van der Waals surface area contributed by atoms with Crippen LogP contribution in [-0.4, -0.2) is 18.8 Å². The van der Waals surface area contributed by atoms with Gasteiger partial charge in [0, 0.05) is 22.0 Å². The van der Waals surface area contributed by atoms with E-state index in [2.05, 4.69) is 15.9 Å². The van der Waals surface area contributed by atoms with E-state index in [9.17, 15) is 9.50 Å². The lowest BCUT2D eigenvalue weighted by Crippen LogP contribution is -2.33. The number of methoxy groups -OCH3 is 1. The minimum Gasteiger partial charge on any atom is -0.502 e. The van der Waals surface area contributed by atoms with Crippen LogP contribution in [0.3, 0.4) is 0 Å². The zero-order valence-corrected chi connectivity index (χ0v) is 11.9. The highest BCUT2D eigenvalue weighted by atomic mass is 79.9. The maximum Gasteiger partial charge on any atom is 0.194 e. The van der Waals surface area contributed by atoms with Gasteiger partial charge in [0.25, 0.3) is 0 Å². The first-order chi connectivity index (χ1) is 8.55. The molecule has 0 atom stereocenters. The van der Waals surface area contributed by atoms with Gasteiger partial charge in [0.15, 0.2) is 17.3 Å². The molecule has 0 aliphatic heterocycles. The van der Waals surface area contributed by atoms with Crippen LogP contribution in [0, 0.1) is 5.82 Å². The third-order valence-corrected chi connectivity index (χ3v) is 4.48. The Morgan fingerprint density at radius 2 is 2.11 bits per heavy atom. The van der Waals surface area contributed by atoms with E-state index in [0.29, 0.717) is 16.6 Å². The average Bonchev–Trinajstić information content (AvgIpc) is 2.83. The molecular weight excluding hydrogens is 301 g/mol. The third-order valence-electron chi connectivity index (χ3n) is 3.86. The topological polar surface area (TPSA) is 55.5 Å². The van der Waals surface area contributed by atoms with Crippen molar-refractivity contribution in [2.45, 2.75) is 31.1 Å². The van der Waals surface area contributed by atoms with Crippen LogP contribution in [0.15, 0.2) is 10.5 Å². The number of hydrogen-bond donors (Lipinski definition) is 2. The fourth-order valence-electron chi connectivity index (χ4n) is 2.84. The molecule has 0 spiro atoms. The van der Waals surface area contributed by atoms with Gasteiger partial charge < -0.3 is 15.6 Å². The molecule has 1 aliphatic rings. The van der Waals surface area contributed by atoms with Gasteiger partial charge in [0.2, 0.25) is 0 Å². The molecule has 0 bridgehead atoms. The van der Waals surface area contributed by atoms with E-state index < -0.39 is 11.6 Å². The quantitative estimate of drug-likeness (QED) is 0.900. The molecule has 100 valence electrons. The number of phenols is 1. The van der Waals surface area contributed by atoms with Gasteiger partial charge in [-0.1, -0.05) is 28.8 Å². The summed E-state index contributed by atoms with van der Waals surface area (Å²) in [4.78, 5) is 0. The summed E-state index contributed by atoms with van der Waals surface area (Å²) in [5.41, 5.74) is 5.98. The highest BCUT2D eigenvalue weighted by Crippen LogP contribution is 2.48. The van der Waals surface area contributed by atoms with Crippen molar-refractivity contribution >= 4 is 15.9 Å². The van der Waals surface area contributed by atoms with Crippen LogP contribution in [0.5, 0.6) is 11.5 Å². The van der Waals surface area contributed by atoms with Crippen molar-refractivity contribution in [3.05, 3.63) is 21.9 Å². The zero-order valence-electron chi connectivity index (χ0n) is 10.3. The number of hydrogen-bond acceptors (Lipinski definition) is 3. The molecule has 0 amide bonds. The monoisotopic (exact) mass is 317 g/mol. The first kappa shape index (κ1) is 13.6. The molecule has 0 heterocycles. The standard InChI is InChI=1S/C13H17BrFNO2/c1-18-9-6-8(14)10(11(15)12(9)17)13(7-16)4-2-3-5-13/h6,17H,2-5,7,16H2,1H3. The number of nitrogens with two attached hydrogens (primary N) is 1. The number of benzene rings is 1. The molecule has 1 saturated carbocycles. The molecular formula is C13H17BrFNO2. The number of phenolic OH excluding ortho intramolecular Hbond substituents is 1. The molecule has 18 heavy (non-hydrogen) atoms. The highest BCUT2D eigenvalue weighted by Gasteiger charge is 2.39. The van der Waals surface area contributed by atoms with E-state index in [4.69, 9.17) is 10.5 Å². The molecule has 1 aliphatic carbocycles. The second-order valence-electron chi connectivity index (χ2n) is 4.79. The van der Waals surface area contributed by atoms with Crippen LogP contribution in [0.4, 0.5) is 4.39 Å². The van der Waals surface area contributed by atoms with Gasteiger partial charge in [-0.15, -0.1) is 0 Å². The first-order valence-electron chi connectivity index (χ1n) is 6.01. The fraction of sp³-hybridized carbons (Fsp3) is 0.538. The van der Waals surface area contributed by atoms with Crippen LogP contribution in [0.1, 0.15) is 31.2 Å². The summed E-state index contributed by atoms with van der Waals surface area (Å²) in [6.45, 7) is 0.383. The lowest BCUT2D eigenvalue weighted by molar-refractivity contribution is 0.345. The Kier molecular flexibility index (Phi) is 3.82. The van der Waals surface area contributed by atoms with Crippen molar-refractivity contribution in [2.75, 3.05) is 13.7 Å². The predicted molar refractivity (Wildman–Crippen MR) is 71.5 cm³/mol. The molecule has 2 rings (SSSR count). The second-order valence-corrected chi connectivity index (χ2v) is 5.64. The Morgan fingerprint density at radius 3 is 2.61 bits per heavy atom. The Labute approximate surface area is 114 Å². The molecule has 1 aromatic carbocycles. The van der Waals surface area contributed by atoms with Gasteiger partial charge in [0.05, 0.1) is 7.11 Å². The van der Waals surface area contributed by atoms with Crippen LogP contribution in [-0.2, 0) is 5.41 Å². The van der Waals surface area contributed by atoms with Crippen molar-refractivity contribution in [2.24, 2.45) is 5.73 Å². The van der Waals surface area contributed by atoms with Crippen LogP contribution < -0.4 is 10.5 Å². The molecule has 0 unspecified atom stereocenters. The molecule has 0 saturated heterocycles. The molecule has 0 aromatic heterocycles. The Morgan fingerprint density at radius 1 is 1.50 bits per heavy atom. The van der Waals surface area contributed by atoms with Gasteiger partial charge in [-0.2, -0.15) is 0 Å². The summed E-state index contributed by atoms with van der Waals surface area (Å²) in [7, 11) is 1.40. The summed E-state index contributed by atoms with van der Waals surface area (Å²) in [5.74, 6) is -0.919. The van der Waals surface area contributed by atoms with E-state index in [1.54, 1.807) is 6.07 Å². The van der Waals surface area contributed by atoms with Crippen LogP contribution in [0.25, 0.3) is 0 Å². The van der Waals surface area contributed by atoms with E-state index in [1.807, 2.05) is 0 Å². The van der Waals surface area contributed by atoms with Crippen molar-refractivity contribution < 1.29 is 14.2 Å². The second kappa shape index (κ2) is 5.05. The summed E-state index contributed by atoms with van der Waals surface area (Å²) >= 11 is 3.37. The maximum atomic E-state index is 14.4. The molecule has 0 radical (unpaired) electrons. The van der Waals surface area contributed by atoms with Crippen molar-refractivity contribution in [3.8, 4) is 11.5 Å². The van der Waals surface area contributed by atoms with Gasteiger partial charge in [0.1, 0.15) is 0 Å². The number of aromatic hydroxyl groups is 1.